The summed E-state index contributed by atoms with van der Waals surface area (Å²) in [6.45, 7) is 1.79. The van der Waals surface area contributed by atoms with E-state index in [1.165, 1.54) is 11.6 Å². The van der Waals surface area contributed by atoms with Crippen LogP contribution < -0.4 is 10.1 Å². The highest BCUT2D eigenvalue weighted by atomic mass is 19.1. The molecule has 2 aromatic carbocycles. The molecule has 172 valence electrons. The molecule has 3 heterocycles. The summed E-state index contributed by atoms with van der Waals surface area (Å²) in [5, 5.41) is 12.7. The maximum Gasteiger partial charge on any atom is 0.208 e. The van der Waals surface area contributed by atoms with Crippen molar-refractivity contribution in [1.29, 1.82) is 5.26 Å². The van der Waals surface area contributed by atoms with Gasteiger partial charge in [-0.05, 0) is 43.8 Å². The number of rotatable bonds is 7. The maximum absolute atomic E-state index is 14.6. The van der Waals surface area contributed by atoms with Crippen LogP contribution >= 0.6 is 0 Å². The first-order valence-electron chi connectivity index (χ1n) is 11.2. The third-order valence-corrected chi connectivity index (χ3v) is 6.08. The van der Waals surface area contributed by atoms with Gasteiger partial charge in [-0.2, -0.15) is 5.26 Å². The average molecular weight is 457 g/mol. The van der Waals surface area contributed by atoms with Crippen molar-refractivity contribution in [3.8, 4) is 22.9 Å². The number of likely N-dealkylation sites (N-methyl/N-ethyl adjacent to an activating group) is 1. The molecule has 0 saturated heterocycles. The lowest BCUT2D eigenvalue weighted by Crippen LogP contribution is -2.14. The first kappa shape index (κ1) is 21.9. The van der Waals surface area contributed by atoms with E-state index in [4.69, 9.17) is 4.74 Å². The Hall–Kier alpha value is -3.96. The number of aromatic nitrogens is 3. The van der Waals surface area contributed by atoms with Gasteiger partial charge in [-0.15, -0.1) is 0 Å². The highest BCUT2D eigenvalue weighted by Gasteiger charge is 2.20. The van der Waals surface area contributed by atoms with Gasteiger partial charge in [0.05, 0.1) is 12.8 Å². The van der Waals surface area contributed by atoms with Gasteiger partial charge in [0.1, 0.15) is 17.6 Å². The Balaban J connectivity index is 1.46. The van der Waals surface area contributed by atoms with Crippen LogP contribution in [0.2, 0.25) is 0 Å². The van der Waals surface area contributed by atoms with Crippen LogP contribution in [0.25, 0.3) is 16.8 Å². The molecule has 1 N–H and O–H groups in total. The van der Waals surface area contributed by atoms with Crippen LogP contribution in [-0.2, 0) is 19.4 Å². The number of nitrogens with zero attached hydrogens (tertiary/aromatic N) is 5. The number of imidazole rings is 1. The Morgan fingerprint density at radius 3 is 2.79 bits per heavy atom. The predicted molar refractivity (Wildman–Crippen MR) is 128 cm³/mol. The number of hydrogen-bond acceptors (Lipinski definition) is 6. The fraction of sp³-hybridized carbons (Fsp3) is 0.269. The molecule has 0 bridgehead atoms. The molecule has 0 fully saturated rings. The number of nitrogens with one attached hydrogen (secondary N) is 1. The largest absolute Gasteiger partial charge is 0.493 e. The van der Waals surface area contributed by atoms with E-state index >= 15 is 0 Å². The molecule has 0 radical (unpaired) electrons. The normalized spacial score (nSPS) is 12.6. The van der Waals surface area contributed by atoms with Crippen molar-refractivity contribution in [3.63, 3.8) is 0 Å². The van der Waals surface area contributed by atoms with Crippen molar-refractivity contribution in [2.45, 2.75) is 19.4 Å². The summed E-state index contributed by atoms with van der Waals surface area (Å²) in [6.07, 6.45) is 5.04. The SMILES string of the molecule is CN(C)CCc1ccc(-c2cnc(NCc3c(F)ccc4c3CCO4)n3cc(C#N)nc23)cc1. The number of fused-ring (bicyclic) bond motifs is 2. The monoisotopic (exact) mass is 456 g/mol. The van der Waals surface area contributed by atoms with Gasteiger partial charge in [0.15, 0.2) is 11.3 Å². The second kappa shape index (κ2) is 9.12. The van der Waals surface area contributed by atoms with Crippen LogP contribution in [0.5, 0.6) is 5.75 Å². The lowest BCUT2D eigenvalue weighted by atomic mass is 10.0. The van der Waals surface area contributed by atoms with E-state index in [1.807, 2.05) is 0 Å². The van der Waals surface area contributed by atoms with Crippen LogP contribution in [-0.4, -0.2) is 46.5 Å². The minimum Gasteiger partial charge on any atom is -0.493 e. The second-order valence-corrected chi connectivity index (χ2v) is 8.63. The molecule has 7 nitrogen and oxygen atoms in total. The average Bonchev–Trinajstić information content (AvgIpc) is 3.50. The minimum atomic E-state index is -0.276. The fourth-order valence-corrected chi connectivity index (χ4v) is 4.24. The van der Waals surface area contributed by atoms with E-state index in [-0.39, 0.29) is 12.4 Å². The minimum absolute atomic E-state index is 0.250. The van der Waals surface area contributed by atoms with Crippen molar-refractivity contribution >= 4 is 11.6 Å². The lowest BCUT2D eigenvalue weighted by molar-refractivity contribution is 0.356. The molecule has 4 aromatic rings. The number of halogens is 1. The van der Waals surface area contributed by atoms with Crippen molar-refractivity contribution in [2.75, 3.05) is 32.6 Å². The van der Waals surface area contributed by atoms with Gasteiger partial charge in [0.2, 0.25) is 5.95 Å². The molecular formula is C26H25FN6O. The third kappa shape index (κ3) is 4.18. The summed E-state index contributed by atoms with van der Waals surface area (Å²) >= 11 is 0. The zero-order chi connectivity index (χ0) is 23.7. The topological polar surface area (TPSA) is 78.5 Å². The van der Waals surface area contributed by atoms with Crippen molar-refractivity contribution in [3.05, 3.63) is 77.0 Å². The summed E-state index contributed by atoms with van der Waals surface area (Å²) in [5.74, 6) is 0.948. The molecule has 0 spiro atoms. The quantitative estimate of drug-likeness (QED) is 0.452. The Morgan fingerprint density at radius 1 is 1.21 bits per heavy atom. The van der Waals surface area contributed by atoms with Crippen molar-refractivity contribution in [1.82, 2.24) is 19.3 Å². The summed E-state index contributed by atoms with van der Waals surface area (Å²) < 4.78 is 21.9. The van der Waals surface area contributed by atoms with Gasteiger partial charge in [0, 0.05) is 42.4 Å². The molecular weight excluding hydrogens is 431 g/mol. The second-order valence-electron chi connectivity index (χ2n) is 8.63. The Labute approximate surface area is 197 Å². The van der Waals surface area contributed by atoms with Crippen LogP contribution in [0.15, 0.2) is 48.8 Å². The molecule has 0 unspecified atom stereocenters. The van der Waals surface area contributed by atoms with E-state index in [2.05, 4.69) is 64.6 Å². The molecule has 0 amide bonds. The van der Waals surface area contributed by atoms with E-state index in [1.54, 1.807) is 22.9 Å². The number of ether oxygens (including phenoxy) is 1. The van der Waals surface area contributed by atoms with E-state index in [9.17, 15) is 9.65 Å². The molecule has 1 aliphatic rings. The van der Waals surface area contributed by atoms with Gasteiger partial charge >= 0.3 is 0 Å². The summed E-state index contributed by atoms with van der Waals surface area (Å²) in [4.78, 5) is 11.3. The number of hydrogen-bond donors (Lipinski definition) is 1. The molecule has 0 saturated carbocycles. The Morgan fingerprint density at radius 2 is 2.03 bits per heavy atom. The van der Waals surface area contributed by atoms with Crippen LogP contribution in [0.3, 0.4) is 0 Å². The maximum atomic E-state index is 14.6. The van der Waals surface area contributed by atoms with Gasteiger partial charge in [-0.1, -0.05) is 24.3 Å². The number of anilines is 1. The van der Waals surface area contributed by atoms with Crippen molar-refractivity contribution < 1.29 is 9.13 Å². The van der Waals surface area contributed by atoms with Crippen LogP contribution in [0.4, 0.5) is 10.3 Å². The van der Waals surface area contributed by atoms with Gasteiger partial charge in [-0.25, -0.2) is 14.4 Å². The highest BCUT2D eigenvalue weighted by Crippen LogP contribution is 2.31. The van der Waals surface area contributed by atoms with E-state index in [0.717, 1.165) is 35.4 Å². The standard InChI is InChI=1S/C26H25FN6O/c1-32(2)11-9-17-3-5-18(6-4-17)21-14-29-26(33-16-19(13-28)31-25(21)33)30-15-22-20-10-12-34-24(20)8-7-23(22)27/h3-8,14,16H,9-12,15H2,1-2H3,(H,29,30). The molecule has 0 aliphatic carbocycles. The molecule has 34 heavy (non-hydrogen) atoms. The smallest absolute Gasteiger partial charge is 0.208 e. The summed E-state index contributed by atoms with van der Waals surface area (Å²) in [6, 6.07) is 13.5. The van der Waals surface area contributed by atoms with Gasteiger partial charge in [-0.3, -0.25) is 4.40 Å². The predicted octanol–water partition coefficient (Wildman–Crippen LogP) is 4.06. The Bertz CT molecular complexity index is 1390. The fourth-order valence-electron chi connectivity index (χ4n) is 4.24. The first-order chi connectivity index (χ1) is 16.5. The first-order valence-corrected chi connectivity index (χ1v) is 11.2. The summed E-state index contributed by atoms with van der Waals surface area (Å²) in [5.41, 5.74) is 5.42. The van der Waals surface area contributed by atoms with Crippen LogP contribution in [0.1, 0.15) is 22.4 Å². The molecule has 8 heteroatoms. The van der Waals surface area contributed by atoms with Gasteiger partial charge in [0.25, 0.3) is 0 Å². The summed E-state index contributed by atoms with van der Waals surface area (Å²) in [7, 11) is 4.12. The third-order valence-electron chi connectivity index (χ3n) is 6.08. The molecule has 0 atom stereocenters. The van der Waals surface area contributed by atoms with E-state index in [0.29, 0.717) is 35.9 Å². The molecule has 2 aromatic heterocycles. The zero-order valence-corrected chi connectivity index (χ0v) is 19.2. The zero-order valence-electron chi connectivity index (χ0n) is 19.2. The Kier molecular flexibility index (Phi) is 5.86. The molecule has 5 rings (SSSR count). The number of nitriles is 1. The number of benzene rings is 2. The lowest BCUT2D eigenvalue weighted by Gasteiger charge is -2.13. The van der Waals surface area contributed by atoms with E-state index < -0.39 is 0 Å². The van der Waals surface area contributed by atoms with Gasteiger partial charge < -0.3 is 15.0 Å². The molecule has 1 aliphatic heterocycles. The van der Waals surface area contributed by atoms with Crippen LogP contribution in [0, 0.1) is 17.1 Å². The highest BCUT2D eigenvalue weighted by molar-refractivity contribution is 5.78. The van der Waals surface area contributed by atoms with Crippen molar-refractivity contribution in [2.24, 2.45) is 0 Å².